The van der Waals surface area contributed by atoms with Crippen molar-refractivity contribution >= 4 is 17.8 Å². The number of hydrogen-bond donors (Lipinski definition) is 1. The number of rotatable bonds is 6. The second-order valence-electron chi connectivity index (χ2n) is 7.74. The number of carboxylic acid groups (broad SMARTS) is 1. The lowest BCUT2D eigenvalue weighted by molar-refractivity contribution is -0.157. The Morgan fingerprint density at radius 1 is 1.14 bits per heavy atom. The van der Waals surface area contributed by atoms with Crippen LogP contribution in [-0.4, -0.2) is 64.5 Å². The van der Waals surface area contributed by atoms with Crippen LogP contribution in [0.1, 0.15) is 39.0 Å². The summed E-state index contributed by atoms with van der Waals surface area (Å²) >= 11 is 0. The third kappa shape index (κ3) is 4.29. The summed E-state index contributed by atoms with van der Waals surface area (Å²) in [7, 11) is 0. The van der Waals surface area contributed by atoms with Gasteiger partial charge in [0.1, 0.15) is 11.3 Å². The lowest BCUT2D eigenvalue weighted by Gasteiger charge is -2.37. The molecule has 0 aromatic heterocycles. The number of aliphatic carboxylic acids is 1. The molecule has 3 rings (SSSR count). The fraction of sp³-hybridized carbons (Fsp3) is 0.571. The largest absolute Gasteiger partial charge is 0.493 e. The number of piperidine rings is 1. The van der Waals surface area contributed by atoms with Crippen LogP contribution < -0.4 is 4.74 Å². The van der Waals surface area contributed by atoms with Gasteiger partial charge in [-0.25, -0.2) is 4.79 Å². The highest BCUT2D eigenvalue weighted by Gasteiger charge is 2.47. The fourth-order valence-corrected chi connectivity index (χ4v) is 4.07. The lowest BCUT2D eigenvalue weighted by Crippen LogP contribution is -2.54. The van der Waals surface area contributed by atoms with E-state index in [1.807, 2.05) is 30.3 Å². The molecule has 1 aromatic carbocycles. The maximum atomic E-state index is 12.9. The summed E-state index contributed by atoms with van der Waals surface area (Å²) in [6, 6.07) is 9.38. The molecule has 7 nitrogen and oxygen atoms in total. The minimum absolute atomic E-state index is 0.0263. The molecule has 2 aliphatic rings. The molecule has 2 fully saturated rings. The van der Waals surface area contributed by atoms with Gasteiger partial charge in [0.15, 0.2) is 0 Å². The highest BCUT2D eigenvalue weighted by molar-refractivity contribution is 5.88. The van der Waals surface area contributed by atoms with Crippen molar-refractivity contribution in [2.75, 3.05) is 26.2 Å². The van der Waals surface area contributed by atoms with Gasteiger partial charge in [0.25, 0.3) is 0 Å². The smallest absolute Gasteiger partial charge is 0.329 e. The quantitative estimate of drug-likeness (QED) is 0.807. The van der Waals surface area contributed by atoms with Gasteiger partial charge in [-0.05, 0) is 44.7 Å². The molecule has 0 aliphatic carbocycles. The third-order valence-corrected chi connectivity index (χ3v) is 5.89. The van der Waals surface area contributed by atoms with Gasteiger partial charge < -0.3 is 19.6 Å². The lowest BCUT2D eigenvalue weighted by atomic mass is 9.92. The Labute approximate surface area is 165 Å². The molecule has 1 aromatic rings. The number of benzene rings is 1. The molecule has 2 amide bonds. The van der Waals surface area contributed by atoms with E-state index in [-0.39, 0.29) is 17.7 Å². The van der Waals surface area contributed by atoms with E-state index >= 15 is 0 Å². The number of ether oxygens (including phenoxy) is 1. The van der Waals surface area contributed by atoms with E-state index in [1.165, 1.54) is 4.90 Å². The normalized spacial score (nSPS) is 22.9. The zero-order valence-electron chi connectivity index (χ0n) is 16.3. The average molecular weight is 388 g/mol. The molecule has 2 saturated heterocycles. The Morgan fingerprint density at radius 3 is 2.46 bits per heavy atom. The first-order valence-corrected chi connectivity index (χ1v) is 9.92. The molecule has 1 atom stereocenters. The summed E-state index contributed by atoms with van der Waals surface area (Å²) < 4.78 is 5.58. The van der Waals surface area contributed by atoms with Gasteiger partial charge in [-0.1, -0.05) is 18.2 Å². The summed E-state index contributed by atoms with van der Waals surface area (Å²) in [4.78, 5) is 40.2. The predicted octanol–water partition coefficient (Wildman–Crippen LogP) is 2.16. The van der Waals surface area contributed by atoms with Gasteiger partial charge in [0, 0.05) is 25.6 Å². The van der Waals surface area contributed by atoms with Crippen LogP contribution in [0, 0.1) is 5.92 Å². The van der Waals surface area contributed by atoms with Crippen molar-refractivity contribution in [2.24, 2.45) is 5.92 Å². The summed E-state index contributed by atoms with van der Waals surface area (Å²) in [5.41, 5.74) is -1.10. The van der Waals surface area contributed by atoms with Gasteiger partial charge in [0.05, 0.1) is 13.0 Å². The molecule has 0 bridgehead atoms. The van der Waals surface area contributed by atoms with Crippen LogP contribution in [0.3, 0.4) is 0 Å². The van der Waals surface area contributed by atoms with E-state index in [2.05, 4.69) is 0 Å². The van der Waals surface area contributed by atoms with Gasteiger partial charge >= 0.3 is 5.97 Å². The van der Waals surface area contributed by atoms with E-state index in [4.69, 9.17) is 4.74 Å². The number of nitrogens with zero attached hydrogens (tertiary/aromatic N) is 2. The first-order valence-electron chi connectivity index (χ1n) is 9.92. The standard InChI is InChI=1S/C21H28N2O5/c1-21(20(26)27)11-5-12-23(21)19(25)16-8-13-22(14-9-16)18(24)10-15-28-17-6-3-2-4-7-17/h2-4,6-7,16H,5,8-15H2,1H3,(H,26,27). The first kappa shape index (κ1) is 20.2. The molecule has 152 valence electrons. The number of amides is 2. The average Bonchev–Trinajstić information content (AvgIpc) is 3.11. The van der Waals surface area contributed by atoms with Crippen LogP contribution in [0.25, 0.3) is 0 Å². The maximum Gasteiger partial charge on any atom is 0.329 e. The molecule has 0 saturated carbocycles. The van der Waals surface area contributed by atoms with Crippen LogP contribution in [0.2, 0.25) is 0 Å². The first-order chi connectivity index (χ1) is 13.4. The van der Waals surface area contributed by atoms with Gasteiger partial charge in [-0.2, -0.15) is 0 Å². The fourth-order valence-electron chi connectivity index (χ4n) is 4.07. The number of likely N-dealkylation sites (tertiary alicyclic amines) is 2. The van der Waals surface area contributed by atoms with Crippen LogP contribution >= 0.6 is 0 Å². The Bertz CT molecular complexity index is 715. The Balaban J connectivity index is 1.45. The number of hydrogen-bond acceptors (Lipinski definition) is 4. The monoisotopic (exact) mass is 388 g/mol. The Kier molecular flexibility index (Phi) is 6.21. The zero-order valence-corrected chi connectivity index (χ0v) is 16.3. The van der Waals surface area contributed by atoms with E-state index in [1.54, 1.807) is 11.8 Å². The van der Waals surface area contributed by atoms with Crippen molar-refractivity contribution in [3.05, 3.63) is 30.3 Å². The second kappa shape index (κ2) is 8.63. The number of para-hydroxylation sites is 1. The van der Waals surface area contributed by atoms with Gasteiger partial charge in [-0.15, -0.1) is 0 Å². The molecule has 1 unspecified atom stereocenters. The summed E-state index contributed by atoms with van der Waals surface area (Å²) in [6.45, 7) is 3.51. The predicted molar refractivity (Wildman–Crippen MR) is 103 cm³/mol. The highest BCUT2D eigenvalue weighted by Crippen LogP contribution is 2.32. The molecule has 0 spiro atoms. The molecule has 7 heteroatoms. The minimum atomic E-state index is -1.10. The minimum Gasteiger partial charge on any atom is -0.493 e. The van der Waals surface area contributed by atoms with Gasteiger partial charge in [-0.3, -0.25) is 9.59 Å². The van der Waals surface area contributed by atoms with Gasteiger partial charge in [0.2, 0.25) is 11.8 Å². The third-order valence-electron chi connectivity index (χ3n) is 5.89. The van der Waals surface area contributed by atoms with Crippen LogP contribution in [0.5, 0.6) is 5.75 Å². The van der Waals surface area contributed by atoms with E-state index in [0.29, 0.717) is 58.3 Å². The molecule has 2 heterocycles. The zero-order chi connectivity index (χ0) is 20.1. The Morgan fingerprint density at radius 2 is 1.82 bits per heavy atom. The molecule has 0 radical (unpaired) electrons. The highest BCUT2D eigenvalue weighted by atomic mass is 16.5. The molecular formula is C21H28N2O5. The number of carbonyl (C=O) groups excluding carboxylic acids is 2. The van der Waals surface area contributed by atoms with Crippen molar-refractivity contribution in [3.8, 4) is 5.75 Å². The van der Waals surface area contributed by atoms with E-state index < -0.39 is 11.5 Å². The summed E-state index contributed by atoms with van der Waals surface area (Å²) in [6.07, 6.45) is 2.67. The van der Waals surface area contributed by atoms with Crippen molar-refractivity contribution in [3.63, 3.8) is 0 Å². The van der Waals surface area contributed by atoms with Crippen molar-refractivity contribution in [1.82, 2.24) is 9.80 Å². The van der Waals surface area contributed by atoms with Crippen molar-refractivity contribution < 1.29 is 24.2 Å². The van der Waals surface area contributed by atoms with E-state index in [9.17, 15) is 19.5 Å². The SMILES string of the molecule is CC1(C(=O)O)CCCN1C(=O)C1CCN(C(=O)CCOc2ccccc2)CC1. The second-order valence-corrected chi connectivity index (χ2v) is 7.74. The number of carbonyl (C=O) groups is 3. The molecule has 1 N–H and O–H groups in total. The van der Waals surface area contributed by atoms with E-state index in [0.717, 1.165) is 5.75 Å². The topological polar surface area (TPSA) is 87.2 Å². The molecular weight excluding hydrogens is 360 g/mol. The summed E-state index contributed by atoms with van der Waals surface area (Å²) in [5.74, 6) is -0.460. The number of carboxylic acids is 1. The van der Waals surface area contributed by atoms with Crippen molar-refractivity contribution in [1.29, 1.82) is 0 Å². The van der Waals surface area contributed by atoms with Crippen LogP contribution in [-0.2, 0) is 14.4 Å². The Hall–Kier alpha value is -2.57. The molecule has 28 heavy (non-hydrogen) atoms. The van der Waals surface area contributed by atoms with Crippen molar-refractivity contribution in [2.45, 2.75) is 44.6 Å². The van der Waals surface area contributed by atoms with Crippen LogP contribution in [0.4, 0.5) is 0 Å². The maximum absolute atomic E-state index is 12.9. The summed E-state index contributed by atoms with van der Waals surface area (Å²) in [5, 5.41) is 9.51. The molecule has 2 aliphatic heterocycles. The van der Waals surface area contributed by atoms with Crippen LogP contribution in [0.15, 0.2) is 30.3 Å².